The monoisotopic (exact) mass is 201 g/mol. The summed E-state index contributed by atoms with van der Waals surface area (Å²) < 4.78 is 0. The van der Waals surface area contributed by atoms with Crippen LogP contribution in [0.2, 0.25) is 0 Å². The molecule has 0 aliphatic rings. The highest BCUT2D eigenvalue weighted by atomic mass is 16.1. The number of rotatable bonds is 3. The molecule has 78 valence electrons. The van der Waals surface area contributed by atoms with E-state index in [1.807, 2.05) is 26.8 Å². The molecule has 0 saturated carbocycles. The van der Waals surface area contributed by atoms with E-state index in [4.69, 9.17) is 5.26 Å². The van der Waals surface area contributed by atoms with Gasteiger partial charge in [0, 0.05) is 6.42 Å². The molecule has 1 rings (SSSR count). The van der Waals surface area contributed by atoms with Crippen molar-refractivity contribution >= 4 is 6.29 Å². The van der Waals surface area contributed by atoms with Crippen molar-refractivity contribution < 1.29 is 4.79 Å². The number of aryl methyl sites for hydroxylation is 1. The van der Waals surface area contributed by atoms with Gasteiger partial charge in [0.1, 0.15) is 6.29 Å². The fourth-order valence-electron chi connectivity index (χ4n) is 1.57. The van der Waals surface area contributed by atoms with Crippen LogP contribution < -0.4 is 0 Å². The van der Waals surface area contributed by atoms with Gasteiger partial charge in [0.05, 0.1) is 11.6 Å². The summed E-state index contributed by atoms with van der Waals surface area (Å²) in [7, 11) is 0. The van der Waals surface area contributed by atoms with E-state index >= 15 is 0 Å². The second kappa shape index (κ2) is 4.75. The second-order valence-corrected chi connectivity index (χ2v) is 3.93. The SMILES string of the molecule is Cc1cc(C(C)CC=O)cc(C#N)c1C. The molecule has 1 unspecified atom stereocenters. The van der Waals surface area contributed by atoms with E-state index in [-0.39, 0.29) is 5.92 Å². The maximum absolute atomic E-state index is 10.4. The minimum Gasteiger partial charge on any atom is -0.303 e. The first-order valence-corrected chi connectivity index (χ1v) is 5.05. The molecule has 0 aromatic heterocycles. The summed E-state index contributed by atoms with van der Waals surface area (Å²) >= 11 is 0. The van der Waals surface area contributed by atoms with Crippen molar-refractivity contribution in [2.45, 2.75) is 33.1 Å². The van der Waals surface area contributed by atoms with E-state index in [1.54, 1.807) is 0 Å². The summed E-state index contributed by atoms with van der Waals surface area (Å²) in [6, 6.07) is 6.13. The van der Waals surface area contributed by atoms with Crippen LogP contribution in [0.15, 0.2) is 12.1 Å². The normalized spacial score (nSPS) is 11.9. The molecule has 1 aromatic carbocycles. The number of nitrogens with zero attached hydrogens (tertiary/aromatic N) is 1. The van der Waals surface area contributed by atoms with Crippen LogP contribution in [0.3, 0.4) is 0 Å². The number of hydrogen-bond acceptors (Lipinski definition) is 2. The van der Waals surface area contributed by atoms with Gasteiger partial charge >= 0.3 is 0 Å². The van der Waals surface area contributed by atoms with Crippen molar-refractivity contribution in [3.05, 3.63) is 34.4 Å². The van der Waals surface area contributed by atoms with E-state index in [2.05, 4.69) is 12.1 Å². The molecule has 0 fully saturated rings. The van der Waals surface area contributed by atoms with Gasteiger partial charge in [0.2, 0.25) is 0 Å². The molecular formula is C13H15NO. The number of carbonyl (C=O) groups excluding carboxylic acids is 1. The molecule has 0 radical (unpaired) electrons. The van der Waals surface area contributed by atoms with Gasteiger partial charge in [0.25, 0.3) is 0 Å². The standard InChI is InChI=1S/C13H15NO/c1-9(4-5-15)12-6-10(2)11(3)13(7-12)8-14/h5-7,9H,4H2,1-3H3. The summed E-state index contributed by atoms with van der Waals surface area (Å²) in [6.07, 6.45) is 1.43. The fraction of sp³-hybridized carbons (Fsp3) is 0.385. The smallest absolute Gasteiger partial charge is 0.120 e. The Balaban J connectivity index is 3.17. The summed E-state index contributed by atoms with van der Waals surface area (Å²) in [5, 5.41) is 8.96. The first-order chi connectivity index (χ1) is 7.10. The van der Waals surface area contributed by atoms with Crippen molar-refractivity contribution in [3.8, 4) is 6.07 Å². The van der Waals surface area contributed by atoms with E-state index in [9.17, 15) is 4.79 Å². The van der Waals surface area contributed by atoms with Crippen molar-refractivity contribution in [1.29, 1.82) is 5.26 Å². The number of carbonyl (C=O) groups is 1. The van der Waals surface area contributed by atoms with E-state index in [0.717, 1.165) is 23.0 Å². The molecule has 0 heterocycles. The van der Waals surface area contributed by atoms with E-state index in [0.29, 0.717) is 12.0 Å². The Bertz CT molecular complexity index is 415. The maximum atomic E-state index is 10.4. The Morgan fingerprint density at radius 2 is 2.13 bits per heavy atom. The van der Waals surface area contributed by atoms with Crippen molar-refractivity contribution in [2.24, 2.45) is 0 Å². The zero-order chi connectivity index (χ0) is 11.4. The molecule has 0 aliphatic heterocycles. The highest BCUT2D eigenvalue weighted by Crippen LogP contribution is 2.23. The molecule has 0 bridgehead atoms. The summed E-state index contributed by atoms with van der Waals surface area (Å²) in [5.74, 6) is 0.189. The Labute approximate surface area is 90.5 Å². The summed E-state index contributed by atoms with van der Waals surface area (Å²) in [5.41, 5.74) is 3.92. The molecular weight excluding hydrogens is 186 g/mol. The molecule has 1 atom stereocenters. The van der Waals surface area contributed by atoms with Crippen LogP contribution in [0.25, 0.3) is 0 Å². The van der Waals surface area contributed by atoms with Gasteiger partial charge in [-0.15, -0.1) is 0 Å². The minimum atomic E-state index is 0.189. The number of hydrogen-bond donors (Lipinski definition) is 0. The van der Waals surface area contributed by atoms with Crippen LogP contribution in [0.4, 0.5) is 0 Å². The Morgan fingerprint density at radius 1 is 1.47 bits per heavy atom. The first-order valence-electron chi connectivity index (χ1n) is 5.05. The summed E-state index contributed by atoms with van der Waals surface area (Å²) in [6.45, 7) is 5.94. The predicted molar refractivity (Wildman–Crippen MR) is 59.7 cm³/mol. The molecule has 0 saturated heterocycles. The van der Waals surface area contributed by atoms with Crippen LogP contribution >= 0.6 is 0 Å². The van der Waals surface area contributed by atoms with Gasteiger partial charge in [0.15, 0.2) is 0 Å². The van der Waals surface area contributed by atoms with E-state index in [1.165, 1.54) is 0 Å². The summed E-state index contributed by atoms with van der Waals surface area (Å²) in [4.78, 5) is 10.4. The molecule has 0 spiro atoms. The third kappa shape index (κ3) is 2.44. The van der Waals surface area contributed by atoms with Crippen LogP contribution in [-0.4, -0.2) is 6.29 Å². The molecule has 1 aromatic rings. The quantitative estimate of drug-likeness (QED) is 0.705. The van der Waals surface area contributed by atoms with Crippen molar-refractivity contribution in [3.63, 3.8) is 0 Å². The highest BCUT2D eigenvalue weighted by molar-refractivity contribution is 5.53. The topological polar surface area (TPSA) is 40.9 Å². The Morgan fingerprint density at radius 3 is 2.67 bits per heavy atom. The zero-order valence-electron chi connectivity index (χ0n) is 9.37. The van der Waals surface area contributed by atoms with Crippen LogP contribution in [0.5, 0.6) is 0 Å². The number of benzene rings is 1. The van der Waals surface area contributed by atoms with Crippen LogP contribution in [0, 0.1) is 25.2 Å². The lowest BCUT2D eigenvalue weighted by Crippen LogP contribution is -1.98. The first kappa shape index (κ1) is 11.5. The van der Waals surface area contributed by atoms with Crippen LogP contribution in [0.1, 0.15) is 41.5 Å². The maximum Gasteiger partial charge on any atom is 0.120 e. The zero-order valence-corrected chi connectivity index (χ0v) is 9.37. The fourth-order valence-corrected chi connectivity index (χ4v) is 1.57. The number of aldehydes is 1. The molecule has 15 heavy (non-hydrogen) atoms. The lowest BCUT2D eigenvalue weighted by atomic mass is 9.92. The molecule has 2 nitrogen and oxygen atoms in total. The van der Waals surface area contributed by atoms with Gasteiger partial charge in [-0.05, 0) is 42.5 Å². The molecule has 0 N–H and O–H groups in total. The third-order valence-corrected chi connectivity index (χ3v) is 2.83. The van der Waals surface area contributed by atoms with Gasteiger partial charge in [-0.3, -0.25) is 0 Å². The van der Waals surface area contributed by atoms with Gasteiger partial charge in [-0.2, -0.15) is 5.26 Å². The number of nitriles is 1. The predicted octanol–water partition coefficient (Wildman–Crippen LogP) is 2.87. The Kier molecular flexibility index (Phi) is 3.62. The Hall–Kier alpha value is -1.62. The largest absolute Gasteiger partial charge is 0.303 e. The van der Waals surface area contributed by atoms with Gasteiger partial charge < -0.3 is 4.79 Å². The van der Waals surface area contributed by atoms with Gasteiger partial charge in [-0.1, -0.05) is 13.0 Å². The molecule has 0 amide bonds. The highest BCUT2D eigenvalue weighted by Gasteiger charge is 2.09. The minimum absolute atomic E-state index is 0.189. The second-order valence-electron chi connectivity index (χ2n) is 3.93. The van der Waals surface area contributed by atoms with Crippen LogP contribution in [-0.2, 0) is 4.79 Å². The van der Waals surface area contributed by atoms with Gasteiger partial charge in [-0.25, -0.2) is 0 Å². The average Bonchev–Trinajstić information content (AvgIpc) is 2.22. The lowest BCUT2D eigenvalue weighted by molar-refractivity contribution is -0.108. The van der Waals surface area contributed by atoms with E-state index < -0.39 is 0 Å². The average molecular weight is 201 g/mol. The van der Waals surface area contributed by atoms with Crippen molar-refractivity contribution in [1.82, 2.24) is 0 Å². The third-order valence-electron chi connectivity index (χ3n) is 2.83. The lowest BCUT2D eigenvalue weighted by Gasteiger charge is -2.12. The van der Waals surface area contributed by atoms with Crippen molar-refractivity contribution in [2.75, 3.05) is 0 Å². The molecule has 0 aliphatic carbocycles. The molecule has 2 heteroatoms.